The summed E-state index contributed by atoms with van der Waals surface area (Å²) in [6, 6.07) is 6.12. The van der Waals surface area contributed by atoms with Gasteiger partial charge < -0.3 is 19.7 Å². The van der Waals surface area contributed by atoms with E-state index in [4.69, 9.17) is 9.47 Å². The fourth-order valence-electron chi connectivity index (χ4n) is 2.79. The number of hydrogen-bond acceptors (Lipinski definition) is 4. The van der Waals surface area contributed by atoms with Crippen LogP contribution in [0.1, 0.15) is 20.3 Å². The van der Waals surface area contributed by atoms with Crippen molar-refractivity contribution < 1.29 is 9.47 Å². The summed E-state index contributed by atoms with van der Waals surface area (Å²) >= 11 is 0. The lowest BCUT2D eigenvalue weighted by Gasteiger charge is -2.22. The van der Waals surface area contributed by atoms with Gasteiger partial charge in [0.05, 0.1) is 18.9 Å². The Bertz CT molecular complexity index is 423. The fourth-order valence-corrected chi connectivity index (χ4v) is 2.79. The molecule has 112 valence electrons. The molecule has 20 heavy (non-hydrogen) atoms. The standard InChI is InChI=1S/C16H26N2O2/c1-4-19-14-6-7-16(20-5-2)15(10-14)18-9-8-13(12-18)11-17-3/h6-7,10,13,17H,4-5,8-9,11-12H2,1-3H3. The molecule has 1 atom stereocenters. The van der Waals surface area contributed by atoms with Crippen LogP contribution in [-0.2, 0) is 0 Å². The molecule has 1 unspecified atom stereocenters. The van der Waals surface area contributed by atoms with Gasteiger partial charge in [-0.25, -0.2) is 0 Å². The number of ether oxygens (including phenoxy) is 2. The second-order valence-corrected chi connectivity index (χ2v) is 5.15. The third-order valence-corrected chi connectivity index (χ3v) is 3.66. The maximum Gasteiger partial charge on any atom is 0.142 e. The van der Waals surface area contributed by atoms with Crippen LogP contribution in [0, 0.1) is 5.92 Å². The Kier molecular flexibility index (Phi) is 5.53. The van der Waals surface area contributed by atoms with Gasteiger partial charge in [-0.15, -0.1) is 0 Å². The average Bonchev–Trinajstić information content (AvgIpc) is 2.90. The summed E-state index contributed by atoms with van der Waals surface area (Å²) in [5.74, 6) is 2.59. The maximum absolute atomic E-state index is 5.76. The first-order valence-corrected chi connectivity index (χ1v) is 7.57. The van der Waals surface area contributed by atoms with Crippen molar-refractivity contribution >= 4 is 5.69 Å². The second-order valence-electron chi connectivity index (χ2n) is 5.15. The maximum atomic E-state index is 5.76. The van der Waals surface area contributed by atoms with E-state index in [9.17, 15) is 0 Å². The van der Waals surface area contributed by atoms with Crippen molar-refractivity contribution in [1.29, 1.82) is 0 Å². The average molecular weight is 278 g/mol. The summed E-state index contributed by atoms with van der Waals surface area (Å²) in [5, 5.41) is 3.27. The number of nitrogens with one attached hydrogen (secondary N) is 1. The highest BCUT2D eigenvalue weighted by Gasteiger charge is 2.24. The van der Waals surface area contributed by atoms with E-state index < -0.39 is 0 Å². The van der Waals surface area contributed by atoms with Gasteiger partial charge in [0, 0.05) is 19.2 Å². The molecule has 1 aromatic carbocycles. The number of nitrogens with zero attached hydrogens (tertiary/aromatic N) is 1. The van der Waals surface area contributed by atoms with Gasteiger partial charge in [0.2, 0.25) is 0 Å². The van der Waals surface area contributed by atoms with Crippen LogP contribution in [0.3, 0.4) is 0 Å². The molecule has 0 spiro atoms. The monoisotopic (exact) mass is 278 g/mol. The second kappa shape index (κ2) is 7.39. The van der Waals surface area contributed by atoms with Gasteiger partial charge in [-0.2, -0.15) is 0 Å². The molecule has 1 aliphatic heterocycles. The molecule has 0 radical (unpaired) electrons. The smallest absolute Gasteiger partial charge is 0.142 e. The molecular formula is C16H26N2O2. The minimum Gasteiger partial charge on any atom is -0.494 e. The zero-order valence-electron chi connectivity index (χ0n) is 12.8. The van der Waals surface area contributed by atoms with Crippen LogP contribution in [0.15, 0.2) is 18.2 Å². The number of rotatable bonds is 7. The Morgan fingerprint density at radius 3 is 2.75 bits per heavy atom. The van der Waals surface area contributed by atoms with E-state index in [1.54, 1.807) is 0 Å². The van der Waals surface area contributed by atoms with Gasteiger partial charge in [0.15, 0.2) is 0 Å². The summed E-state index contributed by atoms with van der Waals surface area (Å²) < 4.78 is 11.4. The van der Waals surface area contributed by atoms with E-state index in [2.05, 4.69) is 16.3 Å². The Hall–Kier alpha value is -1.42. The molecule has 1 saturated heterocycles. The van der Waals surface area contributed by atoms with Crippen LogP contribution in [0.25, 0.3) is 0 Å². The van der Waals surface area contributed by atoms with Crippen molar-refractivity contribution in [2.75, 3.05) is 44.8 Å². The van der Waals surface area contributed by atoms with E-state index in [1.165, 1.54) is 6.42 Å². The first kappa shape index (κ1) is 15.0. The highest BCUT2D eigenvalue weighted by atomic mass is 16.5. The molecule has 2 rings (SSSR count). The molecule has 0 amide bonds. The molecular weight excluding hydrogens is 252 g/mol. The summed E-state index contributed by atoms with van der Waals surface area (Å²) in [4.78, 5) is 2.41. The summed E-state index contributed by atoms with van der Waals surface area (Å²) in [5.41, 5.74) is 1.16. The topological polar surface area (TPSA) is 33.7 Å². The third kappa shape index (κ3) is 3.57. The summed E-state index contributed by atoms with van der Waals surface area (Å²) in [6.45, 7) is 8.65. The third-order valence-electron chi connectivity index (χ3n) is 3.66. The predicted molar refractivity (Wildman–Crippen MR) is 83.0 cm³/mol. The Balaban J connectivity index is 2.16. The van der Waals surface area contributed by atoms with Gasteiger partial charge in [0.1, 0.15) is 11.5 Å². The van der Waals surface area contributed by atoms with Crippen LogP contribution in [0.4, 0.5) is 5.69 Å². The normalized spacial score (nSPS) is 18.4. The number of benzene rings is 1. The van der Waals surface area contributed by atoms with E-state index in [0.29, 0.717) is 19.1 Å². The van der Waals surface area contributed by atoms with Crippen molar-refractivity contribution in [2.24, 2.45) is 5.92 Å². The molecule has 4 heteroatoms. The van der Waals surface area contributed by atoms with E-state index in [1.807, 2.05) is 33.0 Å². The minimum absolute atomic E-state index is 0.689. The largest absolute Gasteiger partial charge is 0.494 e. The molecule has 0 aromatic heterocycles. The molecule has 1 fully saturated rings. The fraction of sp³-hybridized carbons (Fsp3) is 0.625. The molecule has 4 nitrogen and oxygen atoms in total. The van der Waals surface area contributed by atoms with Crippen LogP contribution in [-0.4, -0.2) is 39.9 Å². The van der Waals surface area contributed by atoms with Crippen LogP contribution in [0.2, 0.25) is 0 Å². The van der Waals surface area contributed by atoms with Crippen molar-refractivity contribution in [3.63, 3.8) is 0 Å². The van der Waals surface area contributed by atoms with Crippen molar-refractivity contribution in [1.82, 2.24) is 5.32 Å². The molecule has 0 bridgehead atoms. The van der Waals surface area contributed by atoms with Gasteiger partial charge in [-0.3, -0.25) is 0 Å². The van der Waals surface area contributed by atoms with E-state index in [0.717, 1.165) is 36.8 Å². The Labute approximate surface area is 122 Å². The Morgan fingerprint density at radius 2 is 2.05 bits per heavy atom. The molecule has 1 aromatic rings. The van der Waals surface area contributed by atoms with Gasteiger partial charge >= 0.3 is 0 Å². The van der Waals surface area contributed by atoms with Gasteiger partial charge in [-0.05, 0) is 51.9 Å². The first-order valence-electron chi connectivity index (χ1n) is 7.57. The van der Waals surface area contributed by atoms with Gasteiger partial charge in [0.25, 0.3) is 0 Å². The minimum atomic E-state index is 0.689. The number of anilines is 1. The summed E-state index contributed by atoms with van der Waals surface area (Å²) in [7, 11) is 2.02. The van der Waals surface area contributed by atoms with Crippen LogP contribution in [0.5, 0.6) is 11.5 Å². The lowest BCUT2D eigenvalue weighted by molar-refractivity contribution is 0.331. The lowest BCUT2D eigenvalue weighted by Crippen LogP contribution is -2.24. The molecule has 1 N–H and O–H groups in total. The van der Waals surface area contributed by atoms with Crippen molar-refractivity contribution in [3.8, 4) is 11.5 Å². The SMILES string of the molecule is CCOc1ccc(OCC)c(N2CCC(CNC)C2)c1. The van der Waals surface area contributed by atoms with Crippen LogP contribution < -0.4 is 19.7 Å². The zero-order valence-corrected chi connectivity index (χ0v) is 12.8. The molecule has 1 heterocycles. The highest BCUT2D eigenvalue weighted by molar-refractivity contribution is 5.62. The lowest BCUT2D eigenvalue weighted by atomic mass is 10.1. The first-order chi connectivity index (χ1) is 9.78. The van der Waals surface area contributed by atoms with Crippen molar-refractivity contribution in [2.45, 2.75) is 20.3 Å². The van der Waals surface area contributed by atoms with E-state index in [-0.39, 0.29) is 0 Å². The Morgan fingerprint density at radius 1 is 1.25 bits per heavy atom. The van der Waals surface area contributed by atoms with Crippen molar-refractivity contribution in [3.05, 3.63) is 18.2 Å². The number of hydrogen-bond donors (Lipinski definition) is 1. The molecule has 1 aliphatic rings. The highest BCUT2D eigenvalue weighted by Crippen LogP contribution is 2.35. The molecule has 0 aliphatic carbocycles. The molecule has 0 saturated carbocycles. The zero-order chi connectivity index (χ0) is 14.4. The van der Waals surface area contributed by atoms with Gasteiger partial charge in [-0.1, -0.05) is 0 Å². The van der Waals surface area contributed by atoms with E-state index >= 15 is 0 Å². The quantitative estimate of drug-likeness (QED) is 0.831. The predicted octanol–water partition coefficient (Wildman–Crippen LogP) is 2.53. The van der Waals surface area contributed by atoms with Crippen LogP contribution >= 0.6 is 0 Å². The summed E-state index contributed by atoms with van der Waals surface area (Å²) in [6.07, 6.45) is 1.23.